The van der Waals surface area contributed by atoms with Gasteiger partial charge in [0.1, 0.15) is 0 Å². The van der Waals surface area contributed by atoms with Crippen LogP contribution in [0.25, 0.3) is 10.9 Å². The first kappa shape index (κ1) is 11.6. The van der Waals surface area contributed by atoms with Crippen LogP contribution in [0.3, 0.4) is 0 Å². The number of nitrogens with zero attached hydrogens (tertiary/aromatic N) is 1. The van der Waals surface area contributed by atoms with Crippen molar-refractivity contribution in [3.63, 3.8) is 0 Å². The third-order valence-electron chi connectivity index (χ3n) is 3.64. The minimum Gasteiger partial charge on any atom is -0.388 e. The van der Waals surface area contributed by atoms with Crippen LogP contribution in [-0.2, 0) is 4.74 Å². The summed E-state index contributed by atoms with van der Waals surface area (Å²) >= 11 is 0. The number of hydrogen-bond acceptors (Lipinski definition) is 3. The van der Waals surface area contributed by atoms with Crippen LogP contribution < -0.4 is 0 Å². The Morgan fingerprint density at radius 3 is 3.00 bits per heavy atom. The van der Waals surface area contributed by atoms with Gasteiger partial charge in [-0.1, -0.05) is 18.2 Å². The lowest BCUT2D eigenvalue weighted by Crippen LogP contribution is -2.23. The lowest BCUT2D eigenvalue weighted by atomic mass is 9.89. The maximum Gasteiger partial charge on any atom is 0.0847 e. The van der Waals surface area contributed by atoms with Crippen LogP contribution in [0, 0.1) is 5.92 Å². The molecule has 0 amide bonds. The molecule has 3 heteroatoms. The van der Waals surface area contributed by atoms with E-state index in [9.17, 15) is 5.11 Å². The molecule has 3 rings (SSSR count). The second kappa shape index (κ2) is 5.04. The minimum absolute atomic E-state index is 0.199. The Morgan fingerprint density at radius 1 is 1.28 bits per heavy atom. The zero-order chi connectivity index (χ0) is 12.4. The van der Waals surface area contributed by atoms with Gasteiger partial charge in [-0.25, -0.2) is 0 Å². The molecule has 2 aromatic rings. The van der Waals surface area contributed by atoms with Crippen LogP contribution in [0.1, 0.15) is 24.5 Å². The van der Waals surface area contributed by atoms with Crippen LogP contribution in [0.15, 0.2) is 36.5 Å². The first-order valence-corrected chi connectivity index (χ1v) is 6.46. The highest BCUT2D eigenvalue weighted by Crippen LogP contribution is 2.32. The fraction of sp³-hybridized carbons (Fsp3) is 0.400. The predicted molar refractivity (Wildman–Crippen MR) is 70.2 cm³/mol. The number of aliphatic hydroxyl groups excluding tert-OH is 1. The van der Waals surface area contributed by atoms with Gasteiger partial charge in [0.2, 0.25) is 0 Å². The molecule has 18 heavy (non-hydrogen) atoms. The van der Waals surface area contributed by atoms with Gasteiger partial charge < -0.3 is 9.84 Å². The summed E-state index contributed by atoms with van der Waals surface area (Å²) in [6, 6.07) is 9.86. The first-order chi connectivity index (χ1) is 8.86. The van der Waals surface area contributed by atoms with Crippen molar-refractivity contribution in [3.8, 4) is 0 Å². The van der Waals surface area contributed by atoms with E-state index in [1.54, 1.807) is 6.20 Å². The van der Waals surface area contributed by atoms with Crippen molar-refractivity contribution < 1.29 is 9.84 Å². The van der Waals surface area contributed by atoms with E-state index in [4.69, 9.17) is 4.74 Å². The molecule has 1 fully saturated rings. The van der Waals surface area contributed by atoms with Gasteiger partial charge in [0, 0.05) is 24.1 Å². The smallest absolute Gasteiger partial charge is 0.0847 e. The van der Waals surface area contributed by atoms with Gasteiger partial charge in [-0.3, -0.25) is 4.98 Å². The Bertz CT molecular complexity index is 530. The Kier molecular flexibility index (Phi) is 3.26. The number of ether oxygens (including phenoxy) is 1. The lowest BCUT2D eigenvalue weighted by Gasteiger charge is -2.27. The van der Waals surface area contributed by atoms with E-state index >= 15 is 0 Å². The molecule has 2 unspecified atom stereocenters. The average Bonchev–Trinajstić information content (AvgIpc) is 2.47. The molecular formula is C15H17NO2. The van der Waals surface area contributed by atoms with Crippen LogP contribution in [0.2, 0.25) is 0 Å². The van der Waals surface area contributed by atoms with Crippen molar-refractivity contribution in [2.45, 2.75) is 18.9 Å². The second-order valence-corrected chi connectivity index (χ2v) is 4.84. The van der Waals surface area contributed by atoms with Gasteiger partial charge in [0.25, 0.3) is 0 Å². The predicted octanol–water partition coefficient (Wildman–Crippen LogP) is 2.69. The highest BCUT2D eigenvalue weighted by Gasteiger charge is 2.24. The SMILES string of the molecule is OC(c1ccnc2ccccc12)C1CCCOC1. The van der Waals surface area contributed by atoms with Gasteiger partial charge in [-0.2, -0.15) is 0 Å². The Balaban J connectivity index is 1.97. The fourth-order valence-electron chi connectivity index (χ4n) is 2.64. The number of benzene rings is 1. The number of aromatic nitrogens is 1. The van der Waals surface area contributed by atoms with Crippen molar-refractivity contribution >= 4 is 10.9 Å². The zero-order valence-corrected chi connectivity index (χ0v) is 10.2. The zero-order valence-electron chi connectivity index (χ0n) is 10.2. The molecule has 0 bridgehead atoms. The van der Waals surface area contributed by atoms with Gasteiger partial charge in [0.15, 0.2) is 0 Å². The third-order valence-corrected chi connectivity index (χ3v) is 3.64. The van der Waals surface area contributed by atoms with Crippen molar-refractivity contribution in [1.82, 2.24) is 4.98 Å². The van der Waals surface area contributed by atoms with Crippen LogP contribution >= 0.6 is 0 Å². The lowest BCUT2D eigenvalue weighted by molar-refractivity contribution is -0.00944. The van der Waals surface area contributed by atoms with Gasteiger partial charge in [-0.05, 0) is 30.5 Å². The van der Waals surface area contributed by atoms with Crippen molar-refractivity contribution in [2.75, 3.05) is 13.2 Å². The molecule has 1 N–H and O–H groups in total. The monoisotopic (exact) mass is 243 g/mol. The largest absolute Gasteiger partial charge is 0.388 e. The summed E-state index contributed by atoms with van der Waals surface area (Å²) in [6.07, 6.45) is 3.37. The standard InChI is InChI=1S/C15H17NO2/c17-15(11-4-3-9-18-10-11)13-7-8-16-14-6-2-1-5-12(13)14/h1-2,5-8,11,15,17H,3-4,9-10H2. The maximum absolute atomic E-state index is 10.5. The first-order valence-electron chi connectivity index (χ1n) is 6.46. The van der Waals surface area contributed by atoms with E-state index in [0.29, 0.717) is 6.61 Å². The Morgan fingerprint density at radius 2 is 2.17 bits per heavy atom. The number of aliphatic hydroxyl groups is 1. The molecule has 0 saturated carbocycles. The fourth-order valence-corrected chi connectivity index (χ4v) is 2.64. The molecule has 1 aliphatic heterocycles. The van der Waals surface area contributed by atoms with E-state index in [1.165, 1.54) is 0 Å². The number of pyridine rings is 1. The van der Waals surface area contributed by atoms with Crippen molar-refractivity contribution in [1.29, 1.82) is 0 Å². The number of fused-ring (bicyclic) bond motifs is 1. The minimum atomic E-state index is -0.460. The normalized spacial score (nSPS) is 21.9. The molecule has 1 aromatic heterocycles. The summed E-state index contributed by atoms with van der Waals surface area (Å²) in [5.74, 6) is 0.199. The highest BCUT2D eigenvalue weighted by molar-refractivity contribution is 5.82. The molecule has 3 nitrogen and oxygen atoms in total. The topological polar surface area (TPSA) is 42.4 Å². The molecule has 1 aromatic carbocycles. The van der Waals surface area contributed by atoms with Crippen LogP contribution in [-0.4, -0.2) is 23.3 Å². The highest BCUT2D eigenvalue weighted by atomic mass is 16.5. The van der Waals surface area contributed by atoms with E-state index in [0.717, 1.165) is 35.9 Å². The van der Waals surface area contributed by atoms with E-state index in [2.05, 4.69) is 4.98 Å². The Hall–Kier alpha value is -1.45. The molecule has 0 radical (unpaired) electrons. The summed E-state index contributed by atoms with van der Waals surface area (Å²) < 4.78 is 5.46. The number of para-hydroxylation sites is 1. The molecule has 1 saturated heterocycles. The van der Waals surface area contributed by atoms with Crippen LogP contribution in [0.4, 0.5) is 0 Å². The number of rotatable bonds is 2. The molecule has 94 valence electrons. The molecule has 0 aliphatic carbocycles. The second-order valence-electron chi connectivity index (χ2n) is 4.84. The molecule has 2 heterocycles. The molecule has 2 atom stereocenters. The summed E-state index contributed by atoms with van der Waals surface area (Å²) in [6.45, 7) is 1.47. The third kappa shape index (κ3) is 2.11. The van der Waals surface area contributed by atoms with Crippen molar-refractivity contribution in [2.24, 2.45) is 5.92 Å². The summed E-state index contributed by atoms with van der Waals surface area (Å²) in [5, 5.41) is 11.6. The van der Waals surface area contributed by atoms with E-state index in [1.807, 2.05) is 30.3 Å². The molecular weight excluding hydrogens is 226 g/mol. The molecule has 1 aliphatic rings. The van der Waals surface area contributed by atoms with E-state index < -0.39 is 6.10 Å². The van der Waals surface area contributed by atoms with Gasteiger partial charge in [0.05, 0.1) is 18.2 Å². The quantitative estimate of drug-likeness (QED) is 0.881. The Labute approximate surface area is 106 Å². The van der Waals surface area contributed by atoms with Gasteiger partial charge in [-0.15, -0.1) is 0 Å². The summed E-state index contributed by atoms with van der Waals surface area (Å²) in [5.41, 5.74) is 1.90. The average molecular weight is 243 g/mol. The molecule has 0 spiro atoms. The van der Waals surface area contributed by atoms with Crippen molar-refractivity contribution in [3.05, 3.63) is 42.1 Å². The van der Waals surface area contributed by atoms with Crippen LogP contribution in [0.5, 0.6) is 0 Å². The summed E-state index contributed by atoms with van der Waals surface area (Å²) in [7, 11) is 0. The van der Waals surface area contributed by atoms with E-state index in [-0.39, 0.29) is 5.92 Å². The van der Waals surface area contributed by atoms with Gasteiger partial charge >= 0.3 is 0 Å². The summed E-state index contributed by atoms with van der Waals surface area (Å²) in [4.78, 5) is 4.33. The maximum atomic E-state index is 10.5. The number of hydrogen-bond donors (Lipinski definition) is 1.